The number of carboxylic acids is 1. The van der Waals surface area contributed by atoms with Crippen LogP contribution in [0.5, 0.6) is 11.5 Å². The fourth-order valence-electron chi connectivity index (χ4n) is 2.42. The highest BCUT2D eigenvalue weighted by Gasteiger charge is 2.45. The Morgan fingerprint density at radius 3 is 2.57 bits per heavy atom. The molecule has 1 aromatic rings. The molecule has 0 heterocycles. The van der Waals surface area contributed by atoms with Gasteiger partial charge < -0.3 is 19.9 Å². The zero-order valence-electron chi connectivity index (χ0n) is 13.7. The highest BCUT2D eigenvalue weighted by atomic mass is 16.5. The molecule has 6 nitrogen and oxygen atoms in total. The molecule has 1 aromatic carbocycles. The standard InChI is InChI=1S/C17H23NO5/c1-4-22-14-7-11(5-6-13(14)23-10-15(19)20)16(21)18-9-12-8-17(12,2)3/h5-7,12H,4,8-10H2,1-3H3,(H,18,21)(H,19,20). The van der Waals surface area contributed by atoms with E-state index in [4.69, 9.17) is 14.6 Å². The van der Waals surface area contributed by atoms with Gasteiger partial charge >= 0.3 is 5.97 Å². The molecule has 1 saturated carbocycles. The third-order valence-corrected chi connectivity index (χ3v) is 4.08. The van der Waals surface area contributed by atoms with Gasteiger partial charge in [-0.2, -0.15) is 0 Å². The van der Waals surface area contributed by atoms with Gasteiger partial charge in [-0.15, -0.1) is 0 Å². The molecule has 1 aliphatic carbocycles. The van der Waals surface area contributed by atoms with Crippen LogP contribution >= 0.6 is 0 Å². The molecule has 1 amide bonds. The highest BCUT2D eigenvalue weighted by Crippen LogP contribution is 2.51. The van der Waals surface area contributed by atoms with Gasteiger partial charge in [0.1, 0.15) is 0 Å². The van der Waals surface area contributed by atoms with Crippen molar-refractivity contribution in [1.82, 2.24) is 5.32 Å². The minimum atomic E-state index is -1.07. The first-order valence-electron chi connectivity index (χ1n) is 7.73. The number of amides is 1. The monoisotopic (exact) mass is 321 g/mol. The number of hydrogen-bond donors (Lipinski definition) is 2. The molecule has 6 heteroatoms. The summed E-state index contributed by atoms with van der Waals surface area (Å²) in [6.07, 6.45) is 1.12. The molecule has 0 aliphatic heterocycles. The number of hydrogen-bond acceptors (Lipinski definition) is 4. The first-order valence-corrected chi connectivity index (χ1v) is 7.73. The van der Waals surface area contributed by atoms with E-state index in [1.807, 2.05) is 6.92 Å². The second-order valence-corrected chi connectivity index (χ2v) is 6.38. The average Bonchev–Trinajstić information content (AvgIpc) is 3.10. The number of ether oxygens (including phenoxy) is 2. The van der Waals surface area contributed by atoms with Crippen molar-refractivity contribution < 1.29 is 24.2 Å². The number of carboxylic acid groups (broad SMARTS) is 1. The molecule has 126 valence electrons. The normalized spacial score (nSPS) is 18.1. The predicted molar refractivity (Wildman–Crippen MR) is 85.0 cm³/mol. The fraction of sp³-hybridized carbons (Fsp3) is 0.529. The summed E-state index contributed by atoms with van der Waals surface area (Å²) in [5.74, 6) is -0.0296. The molecular weight excluding hydrogens is 298 g/mol. The molecule has 0 aromatic heterocycles. The summed E-state index contributed by atoms with van der Waals surface area (Å²) in [4.78, 5) is 22.8. The molecule has 1 aliphatic rings. The maximum Gasteiger partial charge on any atom is 0.341 e. The largest absolute Gasteiger partial charge is 0.490 e. The summed E-state index contributed by atoms with van der Waals surface area (Å²) in [5, 5.41) is 11.6. The Morgan fingerprint density at radius 2 is 2.00 bits per heavy atom. The van der Waals surface area contributed by atoms with Crippen LogP contribution in [0.2, 0.25) is 0 Å². The number of carbonyl (C=O) groups is 2. The summed E-state index contributed by atoms with van der Waals surface area (Å²) in [7, 11) is 0. The molecule has 2 N–H and O–H groups in total. The lowest BCUT2D eigenvalue weighted by atomic mass is 10.1. The summed E-state index contributed by atoms with van der Waals surface area (Å²) >= 11 is 0. The minimum absolute atomic E-state index is 0.168. The van der Waals surface area contributed by atoms with Crippen molar-refractivity contribution in [3.63, 3.8) is 0 Å². The van der Waals surface area contributed by atoms with Crippen LogP contribution in [0.4, 0.5) is 0 Å². The average molecular weight is 321 g/mol. The van der Waals surface area contributed by atoms with Crippen molar-refractivity contribution >= 4 is 11.9 Å². The van der Waals surface area contributed by atoms with E-state index in [0.717, 1.165) is 6.42 Å². The summed E-state index contributed by atoms with van der Waals surface area (Å²) < 4.78 is 10.6. The molecular formula is C17H23NO5. The Bertz CT molecular complexity index is 597. The van der Waals surface area contributed by atoms with E-state index >= 15 is 0 Å². The van der Waals surface area contributed by atoms with Crippen molar-refractivity contribution in [2.24, 2.45) is 11.3 Å². The van der Waals surface area contributed by atoms with Gasteiger partial charge in [0.05, 0.1) is 6.61 Å². The smallest absolute Gasteiger partial charge is 0.341 e. The van der Waals surface area contributed by atoms with Crippen molar-refractivity contribution in [1.29, 1.82) is 0 Å². The summed E-state index contributed by atoms with van der Waals surface area (Å²) in [5.41, 5.74) is 0.785. The van der Waals surface area contributed by atoms with E-state index in [1.165, 1.54) is 0 Å². The first-order chi connectivity index (χ1) is 10.8. The van der Waals surface area contributed by atoms with E-state index in [-0.39, 0.29) is 5.91 Å². The maximum atomic E-state index is 12.2. The van der Waals surface area contributed by atoms with Crippen molar-refractivity contribution in [3.05, 3.63) is 23.8 Å². The van der Waals surface area contributed by atoms with Crippen LogP contribution in [-0.4, -0.2) is 36.7 Å². The topological polar surface area (TPSA) is 84.9 Å². The third-order valence-electron chi connectivity index (χ3n) is 4.08. The van der Waals surface area contributed by atoms with Crippen molar-refractivity contribution in [3.8, 4) is 11.5 Å². The van der Waals surface area contributed by atoms with E-state index < -0.39 is 12.6 Å². The molecule has 0 saturated heterocycles. The molecule has 2 rings (SSSR count). The second-order valence-electron chi connectivity index (χ2n) is 6.38. The van der Waals surface area contributed by atoms with Gasteiger partial charge in [-0.25, -0.2) is 4.79 Å². The van der Waals surface area contributed by atoms with Gasteiger partial charge in [-0.05, 0) is 42.9 Å². The van der Waals surface area contributed by atoms with Gasteiger partial charge in [0.25, 0.3) is 5.91 Å². The Morgan fingerprint density at radius 1 is 1.30 bits per heavy atom. The molecule has 1 fully saturated rings. The maximum absolute atomic E-state index is 12.2. The summed E-state index contributed by atoms with van der Waals surface area (Å²) in [6, 6.07) is 4.74. The van der Waals surface area contributed by atoms with Gasteiger partial charge in [0.15, 0.2) is 18.1 Å². The Kier molecular flexibility index (Phi) is 5.13. The fourth-order valence-corrected chi connectivity index (χ4v) is 2.42. The zero-order chi connectivity index (χ0) is 17.0. The lowest BCUT2D eigenvalue weighted by Crippen LogP contribution is -2.26. The zero-order valence-corrected chi connectivity index (χ0v) is 13.7. The van der Waals surface area contributed by atoms with Crippen LogP contribution in [-0.2, 0) is 4.79 Å². The summed E-state index contributed by atoms with van der Waals surface area (Å²) in [6.45, 7) is 6.78. The van der Waals surface area contributed by atoms with E-state index in [2.05, 4.69) is 19.2 Å². The van der Waals surface area contributed by atoms with Crippen molar-refractivity contribution in [2.75, 3.05) is 19.8 Å². The molecule has 0 spiro atoms. The van der Waals surface area contributed by atoms with E-state index in [9.17, 15) is 9.59 Å². The van der Waals surface area contributed by atoms with Crippen LogP contribution in [0, 0.1) is 11.3 Å². The lowest BCUT2D eigenvalue weighted by molar-refractivity contribution is -0.139. The van der Waals surface area contributed by atoms with E-state index in [0.29, 0.717) is 41.5 Å². The first kappa shape index (κ1) is 17.1. The van der Waals surface area contributed by atoms with Crippen LogP contribution in [0.1, 0.15) is 37.6 Å². The lowest BCUT2D eigenvalue weighted by Gasteiger charge is -2.12. The van der Waals surface area contributed by atoms with Crippen LogP contribution in [0.25, 0.3) is 0 Å². The Balaban J connectivity index is 2.02. The minimum Gasteiger partial charge on any atom is -0.490 e. The third kappa shape index (κ3) is 4.61. The van der Waals surface area contributed by atoms with Crippen molar-refractivity contribution in [2.45, 2.75) is 27.2 Å². The molecule has 1 unspecified atom stereocenters. The van der Waals surface area contributed by atoms with Gasteiger partial charge in [-0.1, -0.05) is 13.8 Å². The molecule has 23 heavy (non-hydrogen) atoms. The SMILES string of the molecule is CCOc1cc(C(=O)NCC2CC2(C)C)ccc1OCC(=O)O. The molecule has 0 bridgehead atoms. The van der Waals surface area contributed by atoms with Crippen LogP contribution in [0.3, 0.4) is 0 Å². The van der Waals surface area contributed by atoms with Gasteiger partial charge in [-0.3, -0.25) is 4.79 Å². The van der Waals surface area contributed by atoms with Crippen LogP contribution in [0.15, 0.2) is 18.2 Å². The Hall–Kier alpha value is -2.24. The predicted octanol–water partition coefficient (Wildman–Crippen LogP) is 2.32. The quantitative estimate of drug-likeness (QED) is 0.767. The highest BCUT2D eigenvalue weighted by molar-refractivity contribution is 5.94. The number of rotatable bonds is 8. The molecule has 0 radical (unpaired) electrons. The molecule has 1 atom stereocenters. The number of aliphatic carboxylic acids is 1. The van der Waals surface area contributed by atoms with Crippen LogP contribution < -0.4 is 14.8 Å². The number of benzene rings is 1. The van der Waals surface area contributed by atoms with Gasteiger partial charge in [0.2, 0.25) is 0 Å². The second kappa shape index (κ2) is 6.89. The van der Waals surface area contributed by atoms with Gasteiger partial charge in [0, 0.05) is 12.1 Å². The Labute approximate surface area is 135 Å². The van der Waals surface area contributed by atoms with E-state index in [1.54, 1.807) is 18.2 Å². The number of carbonyl (C=O) groups excluding carboxylic acids is 1. The number of nitrogens with one attached hydrogen (secondary N) is 1.